The number of aliphatic hydroxyl groups excluding tert-OH is 1. The van der Waals surface area contributed by atoms with Gasteiger partial charge in [0.2, 0.25) is 0 Å². The van der Waals surface area contributed by atoms with Crippen LogP contribution in [0.2, 0.25) is 0 Å². The number of hydrogen-bond donors (Lipinski definition) is 1. The molecule has 0 amide bonds. The van der Waals surface area contributed by atoms with Crippen LogP contribution in [0.25, 0.3) is 0 Å². The lowest BCUT2D eigenvalue weighted by molar-refractivity contribution is 0.0688. The maximum Gasteiger partial charge on any atom is 0.160 e. The highest BCUT2D eigenvalue weighted by molar-refractivity contribution is 5.43. The summed E-state index contributed by atoms with van der Waals surface area (Å²) in [6.07, 6.45) is 1.20. The van der Waals surface area contributed by atoms with Gasteiger partial charge in [-0.25, -0.2) is 0 Å². The summed E-state index contributed by atoms with van der Waals surface area (Å²) in [4.78, 5) is 2.30. The minimum Gasteiger partial charge on any atom is -0.493 e. The van der Waals surface area contributed by atoms with Gasteiger partial charge >= 0.3 is 0 Å². The Balaban J connectivity index is 1.60. The van der Waals surface area contributed by atoms with E-state index in [0.29, 0.717) is 6.54 Å². The third kappa shape index (κ3) is 8.12. The number of nitrogens with zero attached hydrogens (tertiary/aromatic N) is 1. The van der Waals surface area contributed by atoms with Crippen molar-refractivity contribution in [2.45, 2.75) is 25.9 Å². The first kappa shape index (κ1) is 24.6. The Kier molecular flexibility index (Phi) is 9.60. The van der Waals surface area contributed by atoms with Crippen LogP contribution in [0, 0.1) is 6.92 Å². The number of aliphatic hydroxyl groups is 1. The number of hydrogen-bond acceptors (Lipinski definition) is 5. The van der Waals surface area contributed by atoms with E-state index in [4.69, 9.17) is 14.2 Å². The molecule has 0 fully saturated rings. The second kappa shape index (κ2) is 12.9. The number of ether oxygens (including phenoxy) is 3. The first-order valence-corrected chi connectivity index (χ1v) is 11.4. The van der Waals surface area contributed by atoms with E-state index in [1.807, 2.05) is 49.4 Å². The van der Waals surface area contributed by atoms with Gasteiger partial charge in [-0.2, -0.15) is 0 Å². The Bertz CT molecular complexity index is 977. The van der Waals surface area contributed by atoms with Crippen LogP contribution in [0.5, 0.6) is 17.2 Å². The third-order valence-electron chi connectivity index (χ3n) is 5.63. The van der Waals surface area contributed by atoms with Gasteiger partial charge in [0.15, 0.2) is 11.5 Å². The summed E-state index contributed by atoms with van der Waals surface area (Å²) in [6.45, 7) is 4.53. The Morgan fingerprint density at radius 1 is 0.788 bits per heavy atom. The van der Waals surface area contributed by atoms with Gasteiger partial charge in [-0.15, -0.1) is 0 Å². The summed E-state index contributed by atoms with van der Waals surface area (Å²) in [5.41, 5.74) is 3.60. The van der Waals surface area contributed by atoms with Crippen molar-refractivity contribution in [1.29, 1.82) is 0 Å². The average molecular weight is 450 g/mol. The zero-order valence-corrected chi connectivity index (χ0v) is 19.9. The molecule has 0 aliphatic rings. The molecule has 1 atom stereocenters. The molecule has 3 aromatic rings. The lowest BCUT2D eigenvalue weighted by atomic mass is 10.1. The molecule has 0 radical (unpaired) electrons. The molecule has 33 heavy (non-hydrogen) atoms. The standard InChI is InChI=1S/C28H35NO4/c1-22-8-7-11-26(18-22)33-21-25(30)20-29(16-14-23-9-5-4-6-10-23)17-15-24-12-13-27(31-2)28(19-24)32-3/h4-13,18-19,25,30H,14-17,20-21H2,1-3H3. The first-order valence-electron chi connectivity index (χ1n) is 11.4. The summed E-state index contributed by atoms with van der Waals surface area (Å²) in [6, 6.07) is 24.4. The summed E-state index contributed by atoms with van der Waals surface area (Å²) in [5.74, 6) is 2.25. The van der Waals surface area contributed by atoms with Crippen LogP contribution >= 0.6 is 0 Å². The second-order valence-corrected chi connectivity index (χ2v) is 8.26. The highest BCUT2D eigenvalue weighted by Gasteiger charge is 2.14. The van der Waals surface area contributed by atoms with Gasteiger partial charge in [0, 0.05) is 19.6 Å². The van der Waals surface area contributed by atoms with Crippen LogP contribution in [-0.2, 0) is 12.8 Å². The molecule has 0 spiro atoms. The zero-order chi connectivity index (χ0) is 23.5. The van der Waals surface area contributed by atoms with Crippen LogP contribution in [0.15, 0.2) is 72.8 Å². The van der Waals surface area contributed by atoms with E-state index in [1.165, 1.54) is 11.1 Å². The molecule has 0 aliphatic heterocycles. The Morgan fingerprint density at radius 2 is 1.52 bits per heavy atom. The monoisotopic (exact) mass is 449 g/mol. The molecule has 0 bridgehead atoms. The van der Waals surface area contributed by atoms with Crippen molar-refractivity contribution in [2.24, 2.45) is 0 Å². The SMILES string of the molecule is COc1ccc(CCN(CCc2ccccc2)CC(O)COc2cccc(C)c2)cc1OC. The van der Waals surface area contributed by atoms with Gasteiger partial charge < -0.3 is 19.3 Å². The molecule has 5 nitrogen and oxygen atoms in total. The Labute approximate surface area is 197 Å². The van der Waals surface area contributed by atoms with E-state index in [0.717, 1.165) is 48.7 Å². The fourth-order valence-corrected chi connectivity index (χ4v) is 3.80. The predicted octanol–water partition coefficient (Wildman–Crippen LogP) is 4.54. The second-order valence-electron chi connectivity index (χ2n) is 8.26. The normalized spacial score (nSPS) is 11.9. The number of methoxy groups -OCH3 is 2. The fraction of sp³-hybridized carbons (Fsp3) is 0.357. The van der Waals surface area contributed by atoms with E-state index < -0.39 is 6.10 Å². The van der Waals surface area contributed by atoms with Crippen molar-refractivity contribution in [2.75, 3.05) is 40.5 Å². The van der Waals surface area contributed by atoms with Crippen LogP contribution < -0.4 is 14.2 Å². The van der Waals surface area contributed by atoms with Crippen molar-refractivity contribution in [3.63, 3.8) is 0 Å². The number of benzene rings is 3. The first-order chi connectivity index (χ1) is 16.1. The van der Waals surface area contributed by atoms with Gasteiger partial charge in [0.05, 0.1) is 14.2 Å². The van der Waals surface area contributed by atoms with E-state index >= 15 is 0 Å². The molecule has 1 unspecified atom stereocenters. The van der Waals surface area contributed by atoms with Crippen molar-refractivity contribution in [1.82, 2.24) is 4.90 Å². The highest BCUT2D eigenvalue weighted by Crippen LogP contribution is 2.27. The minimum absolute atomic E-state index is 0.266. The molecule has 0 heterocycles. The lowest BCUT2D eigenvalue weighted by Crippen LogP contribution is -2.38. The summed E-state index contributed by atoms with van der Waals surface area (Å²) >= 11 is 0. The smallest absolute Gasteiger partial charge is 0.160 e. The number of aryl methyl sites for hydroxylation is 1. The molecular weight excluding hydrogens is 414 g/mol. The summed E-state index contributed by atoms with van der Waals surface area (Å²) in [5, 5.41) is 10.7. The molecule has 3 aromatic carbocycles. The average Bonchev–Trinajstić information content (AvgIpc) is 2.85. The molecule has 5 heteroatoms. The lowest BCUT2D eigenvalue weighted by Gasteiger charge is -2.25. The van der Waals surface area contributed by atoms with Gasteiger partial charge in [-0.1, -0.05) is 48.5 Å². The molecule has 0 aliphatic carbocycles. The minimum atomic E-state index is -0.577. The van der Waals surface area contributed by atoms with E-state index in [9.17, 15) is 5.11 Å². The van der Waals surface area contributed by atoms with E-state index in [-0.39, 0.29) is 6.61 Å². The molecule has 3 rings (SSSR count). The van der Waals surface area contributed by atoms with Crippen LogP contribution in [0.1, 0.15) is 16.7 Å². The van der Waals surface area contributed by atoms with Crippen molar-refractivity contribution >= 4 is 0 Å². The molecule has 176 valence electrons. The summed E-state index contributed by atoms with van der Waals surface area (Å²) < 4.78 is 16.6. The highest BCUT2D eigenvalue weighted by atomic mass is 16.5. The van der Waals surface area contributed by atoms with Gasteiger partial charge in [0.1, 0.15) is 18.5 Å². The van der Waals surface area contributed by atoms with Crippen molar-refractivity contribution < 1.29 is 19.3 Å². The van der Waals surface area contributed by atoms with Crippen LogP contribution in [0.3, 0.4) is 0 Å². The Hall–Kier alpha value is -3.02. The van der Waals surface area contributed by atoms with Crippen LogP contribution in [-0.4, -0.2) is 56.6 Å². The molecule has 0 saturated heterocycles. The maximum absolute atomic E-state index is 10.7. The van der Waals surface area contributed by atoms with Gasteiger partial charge in [0.25, 0.3) is 0 Å². The van der Waals surface area contributed by atoms with Gasteiger partial charge in [-0.3, -0.25) is 4.90 Å². The summed E-state index contributed by atoms with van der Waals surface area (Å²) in [7, 11) is 3.29. The molecule has 1 N–H and O–H groups in total. The Morgan fingerprint density at radius 3 is 2.21 bits per heavy atom. The maximum atomic E-state index is 10.7. The van der Waals surface area contributed by atoms with Crippen LogP contribution in [0.4, 0.5) is 0 Å². The third-order valence-corrected chi connectivity index (χ3v) is 5.63. The van der Waals surface area contributed by atoms with Crippen molar-refractivity contribution in [3.8, 4) is 17.2 Å². The molecule has 0 saturated carbocycles. The predicted molar refractivity (Wildman–Crippen MR) is 133 cm³/mol. The quantitative estimate of drug-likeness (QED) is 0.415. The van der Waals surface area contributed by atoms with Crippen molar-refractivity contribution in [3.05, 3.63) is 89.5 Å². The fourth-order valence-electron chi connectivity index (χ4n) is 3.80. The van der Waals surface area contributed by atoms with E-state index in [1.54, 1.807) is 14.2 Å². The largest absolute Gasteiger partial charge is 0.493 e. The zero-order valence-electron chi connectivity index (χ0n) is 19.9. The molecular formula is C28H35NO4. The van der Waals surface area contributed by atoms with E-state index in [2.05, 4.69) is 35.2 Å². The topological polar surface area (TPSA) is 51.2 Å². The molecule has 0 aromatic heterocycles. The number of rotatable bonds is 13. The van der Waals surface area contributed by atoms with Gasteiger partial charge in [-0.05, 0) is 60.7 Å².